The fourth-order valence-corrected chi connectivity index (χ4v) is 2.46. The van der Waals surface area contributed by atoms with Crippen LogP contribution in [0, 0.1) is 0 Å². The molecule has 0 amide bonds. The third-order valence-corrected chi connectivity index (χ3v) is 3.63. The molecule has 2 aromatic rings. The van der Waals surface area contributed by atoms with E-state index in [9.17, 15) is 0 Å². The summed E-state index contributed by atoms with van der Waals surface area (Å²) in [6, 6.07) is 8.43. The Morgan fingerprint density at radius 3 is 2.58 bits per heavy atom. The van der Waals surface area contributed by atoms with Crippen LogP contribution in [0.3, 0.4) is 0 Å². The molecule has 0 atom stereocenters. The highest BCUT2D eigenvalue weighted by molar-refractivity contribution is 5.86. The Kier molecular flexibility index (Phi) is 4.86. The molecule has 0 N–H and O–H groups in total. The van der Waals surface area contributed by atoms with Gasteiger partial charge in [0.1, 0.15) is 5.75 Å². The quantitative estimate of drug-likeness (QED) is 0.759. The number of likely N-dealkylation sites (N-methyl/N-ethyl adjacent to an activating group) is 1. The van der Waals surface area contributed by atoms with Gasteiger partial charge in [0, 0.05) is 24.7 Å². The van der Waals surface area contributed by atoms with Crippen molar-refractivity contribution in [2.24, 2.45) is 0 Å². The van der Waals surface area contributed by atoms with Crippen LogP contribution >= 0.6 is 0 Å². The summed E-state index contributed by atoms with van der Waals surface area (Å²) in [7, 11) is 0. The van der Waals surface area contributed by atoms with E-state index < -0.39 is 0 Å². The molecule has 19 heavy (non-hydrogen) atoms. The van der Waals surface area contributed by atoms with Crippen molar-refractivity contribution in [3.63, 3.8) is 0 Å². The SMILES string of the molecule is CCOc1cccc2c1ccn2CCN(CC)CC. The molecule has 1 aromatic carbocycles. The van der Waals surface area contributed by atoms with E-state index >= 15 is 0 Å². The van der Waals surface area contributed by atoms with Gasteiger partial charge < -0.3 is 14.2 Å². The minimum absolute atomic E-state index is 0.712. The normalized spacial score (nSPS) is 11.4. The van der Waals surface area contributed by atoms with Gasteiger partial charge in [-0.2, -0.15) is 0 Å². The summed E-state index contributed by atoms with van der Waals surface area (Å²) in [6.07, 6.45) is 2.16. The topological polar surface area (TPSA) is 17.4 Å². The van der Waals surface area contributed by atoms with Crippen LogP contribution in [0.2, 0.25) is 0 Å². The molecule has 3 nitrogen and oxygen atoms in total. The zero-order valence-electron chi connectivity index (χ0n) is 12.2. The van der Waals surface area contributed by atoms with Gasteiger partial charge in [-0.15, -0.1) is 0 Å². The van der Waals surface area contributed by atoms with Crippen LogP contribution in [-0.2, 0) is 6.54 Å². The summed E-state index contributed by atoms with van der Waals surface area (Å²) in [5.41, 5.74) is 1.26. The minimum atomic E-state index is 0.712. The first-order valence-corrected chi connectivity index (χ1v) is 7.23. The van der Waals surface area contributed by atoms with E-state index in [1.54, 1.807) is 0 Å². The second kappa shape index (κ2) is 6.62. The van der Waals surface area contributed by atoms with Gasteiger partial charge in [0.15, 0.2) is 0 Å². The zero-order chi connectivity index (χ0) is 13.7. The third-order valence-electron chi connectivity index (χ3n) is 3.63. The minimum Gasteiger partial charge on any atom is -0.493 e. The maximum atomic E-state index is 5.68. The largest absolute Gasteiger partial charge is 0.493 e. The number of rotatable bonds is 7. The lowest BCUT2D eigenvalue weighted by Crippen LogP contribution is -2.26. The van der Waals surface area contributed by atoms with Crippen LogP contribution in [0.4, 0.5) is 0 Å². The highest BCUT2D eigenvalue weighted by Crippen LogP contribution is 2.26. The number of ether oxygens (including phenoxy) is 1. The Bertz CT molecular complexity index is 514. The van der Waals surface area contributed by atoms with E-state index in [2.05, 4.69) is 47.7 Å². The first-order chi connectivity index (χ1) is 9.30. The van der Waals surface area contributed by atoms with Crippen molar-refractivity contribution in [3.8, 4) is 5.75 Å². The standard InChI is InChI=1S/C16H24N2O/c1-4-17(5-2)12-13-18-11-10-14-15(18)8-7-9-16(14)19-6-3/h7-11H,4-6,12-13H2,1-3H3. The molecule has 1 aromatic heterocycles. The average Bonchev–Trinajstić information content (AvgIpc) is 2.85. The third kappa shape index (κ3) is 3.10. The second-order valence-electron chi connectivity index (χ2n) is 4.66. The number of aromatic nitrogens is 1. The van der Waals surface area contributed by atoms with Gasteiger partial charge >= 0.3 is 0 Å². The van der Waals surface area contributed by atoms with Crippen LogP contribution in [0.15, 0.2) is 30.5 Å². The maximum Gasteiger partial charge on any atom is 0.128 e. The average molecular weight is 260 g/mol. The lowest BCUT2D eigenvalue weighted by atomic mass is 10.2. The second-order valence-corrected chi connectivity index (χ2v) is 4.66. The van der Waals surface area contributed by atoms with Crippen LogP contribution in [-0.4, -0.2) is 35.7 Å². The molecule has 104 valence electrons. The van der Waals surface area contributed by atoms with Crippen molar-refractivity contribution >= 4 is 10.9 Å². The highest BCUT2D eigenvalue weighted by atomic mass is 16.5. The van der Waals surface area contributed by atoms with Crippen molar-refractivity contribution in [1.82, 2.24) is 9.47 Å². The smallest absolute Gasteiger partial charge is 0.128 e. The summed E-state index contributed by atoms with van der Waals surface area (Å²) in [5.74, 6) is 0.988. The number of hydrogen-bond donors (Lipinski definition) is 0. The predicted octanol–water partition coefficient (Wildman–Crippen LogP) is 3.38. The molecule has 0 saturated heterocycles. The van der Waals surface area contributed by atoms with E-state index in [0.29, 0.717) is 6.61 Å². The van der Waals surface area contributed by atoms with Gasteiger partial charge in [0.25, 0.3) is 0 Å². The lowest BCUT2D eigenvalue weighted by molar-refractivity contribution is 0.292. The van der Waals surface area contributed by atoms with Gasteiger partial charge in [-0.1, -0.05) is 19.9 Å². The van der Waals surface area contributed by atoms with Gasteiger partial charge in [-0.25, -0.2) is 0 Å². The number of nitrogens with zero attached hydrogens (tertiary/aromatic N) is 2. The van der Waals surface area contributed by atoms with Crippen molar-refractivity contribution in [2.75, 3.05) is 26.2 Å². The molecule has 0 saturated carbocycles. The number of benzene rings is 1. The van der Waals surface area contributed by atoms with E-state index in [1.807, 2.05) is 13.0 Å². The molecule has 0 aliphatic heterocycles. The van der Waals surface area contributed by atoms with Gasteiger partial charge in [0.2, 0.25) is 0 Å². The maximum absolute atomic E-state index is 5.68. The van der Waals surface area contributed by atoms with E-state index in [0.717, 1.165) is 31.9 Å². The van der Waals surface area contributed by atoms with Crippen molar-refractivity contribution in [3.05, 3.63) is 30.5 Å². The number of fused-ring (bicyclic) bond motifs is 1. The number of hydrogen-bond acceptors (Lipinski definition) is 2. The Balaban J connectivity index is 2.18. The fourth-order valence-electron chi connectivity index (χ4n) is 2.46. The molecule has 0 radical (unpaired) electrons. The fraction of sp³-hybridized carbons (Fsp3) is 0.500. The summed E-state index contributed by atoms with van der Waals surface area (Å²) in [6.45, 7) is 11.5. The Morgan fingerprint density at radius 1 is 1.11 bits per heavy atom. The molecule has 0 aliphatic rings. The van der Waals surface area contributed by atoms with Crippen LogP contribution in [0.5, 0.6) is 5.75 Å². The Labute approximate surface area is 115 Å². The molecule has 2 rings (SSSR count). The van der Waals surface area contributed by atoms with Crippen molar-refractivity contribution in [2.45, 2.75) is 27.3 Å². The molecule has 0 spiro atoms. The van der Waals surface area contributed by atoms with Crippen LogP contribution in [0.1, 0.15) is 20.8 Å². The van der Waals surface area contributed by atoms with Crippen molar-refractivity contribution in [1.29, 1.82) is 0 Å². The summed E-state index contributed by atoms with van der Waals surface area (Å²) < 4.78 is 7.99. The molecule has 0 fully saturated rings. The monoisotopic (exact) mass is 260 g/mol. The summed E-state index contributed by atoms with van der Waals surface area (Å²) >= 11 is 0. The lowest BCUT2D eigenvalue weighted by Gasteiger charge is -2.18. The Hall–Kier alpha value is -1.48. The summed E-state index contributed by atoms with van der Waals surface area (Å²) in [5, 5.41) is 1.21. The highest BCUT2D eigenvalue weighted by Gasteiger charge is 2.07. The zero-order valence-corrected chi connectivity index (χ0v) is 12.2. The molecule has 0 unspecified atom stereocenters. The van der Waals surface area contributed by atoms with E-state index in [1.165, 1.54) is 10.9 Å². The van der Waals surface area contributed by atoms with Crippen LogP contribution in [0.25, 0.3) is 10.9 Å². The van der Waals surface area contributed by atoms with E-state index in [-0.39, 0.29) is 0 Å². The predicted molar refractivity (Wildman–Crippen MR) is 80.9 cm³/mol. The van der Waals surface area contributed by atoms with Gasteiger partial charge in [-0.05, 0) is 38.2 Å². The van der Waals surface area contributed by atoms with Crippen LogP contribution < -0.4 is 4.74 Å². The summed E-state index contributed by atoms with van der Waals surface area (Å²) in [4.78, 5) is 2.44. The first kappa shape index (κ1) is 13.9. The molecular formula is C16H24N2O. The van der Waals surface area contributed by atoms with Gasteiger partial charge in [0.05, 0.1) is 12.1 Å². The molecular weight excluding hydrogens is 236 g/mol. The van der Waals surface area contributed by atoms with Crippen molar-refractivity contribution < 1.29 is 4.74 Å². The Morgan fingerprint density at radius 2 is 1.89 bits per heavy atom. The molecule has 1 heterocycles. The van der Waals surface area contributed by atoms with E-state index in [4.69, 9.17) is 4.74 Å². The first-order valence-electron chi connectivity index (χ1n) is 7.23. The molecule has 0 aliphatic carbocycles. The molecule has 0 bridgehead atoms. The molecule has 3 heteroatoms. The van der Waals surface area contributed by atoms with Gasteiger partial charge in [-0.3, -0.25) is 0 Å².